The molecule has 2 unspecified atom stereocenters. The van der Waals surface area contributed by atoms with Gasteiger partial charge in [-0.3, -0.25) is 15.1 Å². The number of hydrogen-bond donors (Lipinski definition) is 1. The summed E-state index contributed by atoms with van der Waals surface area (Å²) >= 11 is 0. The minimum absolute atomic E-state index is 0.164. The van der Waals surface area contributed by atoms with Crippen LogP contribution in [-0.4, -0.2) is 41.0 Å². The van der Waals surface area contributed by atoms with Crippen molar-refractivity contribution in [3.05, 3.63) is 57.3 Å². The predicted molar refractivity (Wildman–Crippen MR) is 83.8 cm³/mol. The van der Waals surface area contributed by atoms with Gasteiger partial charge in [0.15, 0.2) is 0 Å². The van der Waals surface area contributed by atoms with E-state index in [9.17, 15) is 14.9 Å². The van der Waals surface area contributed by atoms with Crippen molar-refractivity contribution in [2.24, 2.45) is 4.99 Å². The van der Waals surface area contributed by atoms with Gasteiger partial charge in [0.25, 0.3) is 6.04 Å². The molecule has 0 saturated carbocycles. The summed E-state index contributed by atoms with van der Waals surface area (Å²) in [5, 5.41) is 20.4. The maximum Gasteiger partial charge on any atom is 0.336 e. The summed E-state index contributed by atoms with van der Waals surface area (Å²) in [6, 6.07) is 7.68. The second kappa shape index (κ2) is 7.15. The Morgan fingerprint density at radius 1 is 1.35 bits per heavy atom. The summed E-state index contributed by atoms with van der Waals surface area (Å²) < 4.78 is 4.98. The smallest absolute Gasteiger partial charge is 0.336 e. The van der Waals surface area contributed by atoms with Crippen LogP contribution in [0.5, 0.6) is 0 Å². The third-order valence-electron chi connectivity index (χ3n) is 3.72. The van der Waals surface area contributed by atoms with Crippen LogP contribution in [0.15, 0.2) is 46.6 Å². The Balaban J connectivity index is 2.55. The van der Waals surface area contributed by atoms with Crippen LogP contribution < -0.4 is 0 Å². The molecule has 23 heavy (non-hydrogen) atoms. The molecule has 0 bridgehead atoms. The third-order valence-corrected chi connectivity index (χ3v) is 3.72. The first-order valence-corrected chi connectivity index (χ1v) is 7.19. The van der Waals surface area contributed by atoms with Crippen LogP contribution in [0.1, 0.15) is 25.3 Å². The maximum absolute atomic E-state index is 12.3. The van der Waals surface area contributed by atoms with Crippen molar-refractivity contribution in [1.29, 1.82) is 0 Å². The van der Waals surface area contributed by atoms with Crippen molar-refractivity contribution in [2.75, 3.05) is 13.2 Å². The third kappa shape index (κ3) is 3.45. The number of esters is 1. The minimum Gasteiger partial charge on any atom is -0.460 e. The molecule has 1 N–H and O–H groups in total. The highest BCUT2D eigenvalue weighted by Gasteiger charge is 2.44. The summed E-state index contributed by atoms with van der Waals surface area (Å²) in [5.74, 6) is -1.46. The summed E-state index contributed by atoms with van der Waals surface area (Å²) in [4.78, 5) is 27.6. The quantitative estimate of drug-likeness (QED) is 0.506. The lowest BCUT2D eigenvalue weighted by molar-refractivity contribution is -0.505. The molecular formula is C16H18N2O5. The molecule has 0 aromatic heterocycles. The fraction of sp³-hybridized carbons (Fsp3) is 0.375. The van der Waals surface area contributed by atoms with E-state index in [1.165, 1.54) is 0 Å². The number of nitro groups is 1. The van der Waals surface area contributed by atoms with Crippen LogP contribution in [-0.2, 0) is 9.53 Å². The molecule has 2 atom stereocenters. The molecule has 0 fully saturated rings. The van der Waals surface area contributed by atoms with Gasteiger partial charge in [0.2, 0.25) is 0 Å². The molecule has 1 aromatic rings. The number of hydrogen-bond acceptors (Lipinski definition) is 6. The molecule has 0 aliphatic carbocycles. The van der Waals surface area contributed by atoms with Gasteiger partial charge in [-0.25, -0.2) is 4.79 Å². The summed E-state index contributed by atoms with van der Waals surface area (Å²) in [6.07, 6.45) is 0. The number of carbonyl (C=O) groups is 1. The van der Waals surface area contributed by atoms with Crippen molar-refractivity contribution in [3.63, 3.8) is 0 Å². The van der Waals surface area contributed by atoms with Crippen LogP contribution in [0, 0.1) is 10.1 Å². The monoisotopic (exact) mass is 318 g/mol. The number of aliphatic hydroxyl groups excluding tert-OH is 1. The SMILES string of the molecule is CC1=NC(C)=C(C(=O)OCCO)C(c2ccccc2)C1[N+](=O)[O-]. The molecule has 122 valence electrons. The Morgan fingerprint density at radius 3 is 2.57 bits per heavy atom. The normalized spacial score (nSPS) is 20.9. The highest BCUT2D eigenvalue weighted by atomic mass is 16.6. The number of nitrogens with zero attached hydrogens (tertiary/aromatic N) is 2. The van der Waals surface area contributed by atoms with E-state index in [4.69, 9.17) is 9.84 Å². The molecule has 1 aromatic carbocycles. The van der Waals surface area contributed by atoms with Gasteiger partial charge in [0.05, 0.1) is 23.8 Å². The standard InChI is InChI=1S/C16H18N2O5/c1-10-13(16(20)23-9-8-19)14(12-6-4-3-5-7-12)15(18(21)22)11(2)17-10/h3-7,14-15,19H,8-9H2,1-2H3. The molecule has 1 heterocycles. The van der Waals surface area contributed by atoms with Crippen LogP contribution in [0.4, 0.5) is 0 Å². The lowest BCUT2D eigenvalue weighted by atomic mass is 9.80. The highest BCUT2D eigenvalue weighted by Crippen LogP contribution is 2.36. The molecule has 7 nitrogen and oxygen atoms in total. The summed E-state index contributed by atoms with van der Waals surface area (Å²) in [5.41, 5.74) is 1.56. The molecule has 2 rings (SSSR count). The van der Waals surface area contributed by atoms with Gasteiger partial charge in [-0.05, 0) is 19.4 Å². The molecule has 0 saturated heterocycles. The molecule has 1 aliphatic rings. The average Bonchev–Trinajstić information content (AvgIpc) is 2.52. The first-order chi connectivity index (χ1) is 11.0. The highest BCUT2D eigenvalue weighted by molar-refractivity contribution is 5.98. The van der Waals surface area contributed by atoms with Gasteiger partial charge in [-0.2, -0.15) is 0 Å². The van der Waals surface area contributed by atoms with E-state index in [-0.39, 0.29) is 18.8 Å². The second-order valence-electron chi connectivity index (χ2n) is 5.23. The largest absolute Gasteiger partial charge is 0.460 e. The number of ether oxygens (including phenoxy) is 1. The summed E-state index contributed by atoms with van der Waals surface area (Å²) in [6.45, 7) is 2.74. The van der Waals surface area contributed by atoms with Gasteiger partial charge in [0, 0.05) is 10.6 Å². The average molecular weight is 318 g/mol. The first kappa shape index (κ1) is 16.8. The van der Waals surface area contributed by atoms with E-state index in [1.54, 1.807) is 44.2 Å². The van der Waals surface area contributed by atoms with Crippen LogP contribution in [0.25, 0.3) is 0 Å². The van der Waals surface area contributed by atoms with E-state index >= 15 is 0 Å². The van der Waals surface area contributed by atoms with Gasteiger partial charge in [-0.15, -0.1) is 0 Å². The molecular weight excluding hydrogens is 300 g/mol. The number of allylic oxidation sites excluding steroid dienone is 1. The van der Waals surface area contributed by atoms with Gasteiger partial charge in [-0.1, -0.05) is 30.3 Å². The van der Waals surface area contributed by atoms with E-state index in [1.807, 2.05) is 0 Å². The van der Waals surface area contributed by atoms with E-state index < -0.39 is 22.9 Å². The van der Waals surface area contributed by atoms with E-state index in [2.05, 4.69) is 4.99 Å². The van der Waals surface area contributed by atoms with Crippen molar-refractivity contribution in [2.45, 2.75) is 25.8 Å². The van der Waals surface area contributed by atoms with Crippen LogP contribution >= 0.6 is 0 Å². The topological polar surface area (TPSA) is 102 Å². The van der Waals surface area contributed by atoms with Crippen molar-refractivity contribution in [3.8, 4) is 0 Å². The fourth-order valence-corrected chi connectivity index (χ4v) is 2.79. The van der Waals surface area contributed by atoms with E-state index in [0.717, 1.165) is 0 Å². The van der Waals surface area contributed by atoms with Gasteiger partial charge < -0.3 is 9.84 Å². The lowest BCUT2D eigenvalue weighted by Gasteiger charge is -2.27. The van der Waals surface area contributed by atoms with E-state index in [0.29, 0.717) is 17.0 Å². The molecule has 0 amide bonds. The first-order valence-electron chi connectivity index (χ1n) is 7.19. The van der Waals surface area contributed by atoms with Crippen molar-refractivity contribution >= 4 is 11.7 Å². The predicted octanol–water partition coefficient (Wildman–Crippen LogP) is 1.70. The van der Waals surface area contributed by atoms with Gasteiger partial charge in [0.1, 0.15) is 6.61 Å². The summed E-state index contributed by atoms with van der Waals surface area (Å²) in [7, 11) is 0. The number of aliphatic imine (C=N–C) groups is 1. The number of carbonyl (C=O) groups excluding carboxylic acids is 1. The minimum atomic E-state index is -1.13. The molecule has 7 heteroatoms. The number of rotatable bonds is 5. The Hall–Kier alpha value is -2.54. The molecule has 0 radical (unpaired) electrons. The fourth-order valence-electron chi connectivity index (χ4n) is 2.79. The number of benzene rings is 1. The maximum atomic E-state index is 12.3. The van der Waals surface area contributed by atoms with Crippen molar-refractivity contribution in [1.82, 2.24) is 0 Å². The van der Waals surface area contributed by atoms with Crippen LogP contribution in [0.3, 0.4) is 0 Å². The lowest BCUT2D eigenvalue weighted by Crippen LogP contribution is -2.40. The zero-order valence-corrected chi connectivity index (χ0v) is 12.9. The Morgan fingerprint density at radius 2 is 2.00 bits per heavy atom. The Labute approximate surface area is 133 Å². The zero-order chi connectivity index (χ0) is 17.0. The van der Waals surface area contributed by atoms with Gasteiger partial charge >= 0.3 is 5.97 Å². The van der Waals surface area contributed by atoms with Crippen LogP contribution in [0.2, 0.25) is 0 Å². The number of aliphatic hydroxyl groups is 1. The molecule has 1 aliphatic heterocycles. The molecule has 0 spiro atoms. The Kier molecular flexibility index (Phi) is 5.23. The van der Waals surface area contributed by atoms with Crippen molar-refractivity contribution < 1.29 is 19.6 Å². The second-order valence-corrected chi connectivity index (χ2v) is 5.23. The zero-order valence-electron chi connectivity index (χ0n) is 12.9. The Bertz CT molecular complexity index is 666.